The number of hydrogen-bond acceptors (Lipinski definition) is 2. The summed E-state index contributed by atoms with van der Waals surface area (Å²) in [5, 5.41) is 0. The smallest absolute Gasteiger partial charge is 0.187 e. The lowest BCUT2D eigenvalue weighted by molar-refractivity contribution is 0.178. The molecular weight excluding hydrogens is 308 g/mol. The second-order valence-electron chi connectivity index (χ2n) is 9.28. The van der Waals surface area contributed by atoms with Gasteiger partial charge in [0.25, 0.3) is 0 Å². The zero-order valence-electron chi connectivity index (χ0n) is 16.1. The van der Waals surface area contributed by atoms with Crippen molar-refractivity contribution in [2.75, 3.05) is 0 Å². The van der Waals surface area contributed by atoms with Crippen molar-refractivity contribution in [3.05, 3.63) is 0 Å². The first-order valence-corrected chi connectivity index (χ1v) is 13.6. The molecule has 0 aromatic heterocycles. The predicted molar refractivity (Wildman–Crippen MR) is 106 cm³/mol. The number of hydrogen-bond donors (Lipinski definition) is 0. The molecule has 0 aromatic carbocycles. The minimum atomic E-state index is -0.978. The molecule has 4 fully saturated rings. The highest BCUT2D eigenvalue weighted by atomic mass is 28.3. The summed E-state index contributed by atoms with van der Waals surface area (Å²) >= 11 is 0. The Labute approximate surface area is 152 Å². The lowest BCUT2D eigenvalue weighted by atomic mass is 10.2. The molecule has 0 heterocycles. The van der Waals surface area contributed by atoms with E-state index in [0.717, 1.165) is 24.2 Å². The average molecular weight is 349 g/mol. The molecule has 0 aliphatic heterocycles. The van der Waals surface area contributed by atoms with Crippen LogP contribution in [0, 0.1) is 0 Å². The topological polar surface area (TPSA) is 6.48 Å². The van der Waals surface area contributed by atoms with Crippen molar-refractivity contribution in [1.29, 1.82) is 0 Å². The van der Waals surface area contributed by atoms with Crippen molar-refractivity contribution in [3.63, 3.8) is 0 Å². The van der Waals surface area contributed by atoms with E-state index in [2.05, 4.69) is 15.7 Å². The third-order valence-electron chi connectivity index (χ3n) is 7.85. The SMILES string of the molecule is C[SiH](N(C1CCCC1)C1CCCC1)N(C1CCCC1)C1CCCC1. The van der Waals surface area contributed by atoms with Crippen LogP contribution in [0.1, 0.15) is 103 Å². The third-order valence-corrected chi connectivity index (χ3v) is 11.3. The van der Waals surface area contributed by atoms with Gasteiger partial charge in [-0.25, -0.2) is 0 Å². The van der Waals surface area contributed by atoms with Gasteiger partial charge in [0.2, 0.25) is 0 Å². The Bertz CT molecular complexity index is 309. The summed E-state index contributed by atoms with van der Waals surface area (Å²) in [6.07, 6.45) is 24.1. The molecule has 0 radical (unpaired) electrons. The van der Waals surface area contributed by atoms with E-state index in [1.54, 1.807) is 0 Å². The van der Waals surface area contributed by atoms with Crippen LogP contribution in [0.5, 0.6) is 0 Å². The van der Waals surface area contributed by atoms with Crippen LogP contribution in [0.25, 0.3) is 0 Å². The minimum Gasteiger partial charge on any atom is -0.309 e. The summed E-state index contributed by atoms with van der Waals surface area (Å²) in [5.74, 6) is 0. The second-order valence-corrected chi connectivity index (χ2v) is 11.7. The number of nitrogens with zero attached hydrogens (tertiary/aromatic N) is 2. The molecule has 24 heavy (non-hydrogen) atoms. The summed E-state index contributed by atoms with van der Waals surface area (Å²) in [4.78, 5) is 0. The van der Waals surface area contributed by atoms with Crippen LogP contribution in [-0.2, 0) is 0 Å². The second kappa shape index (κ2) is 8.22. The lowest BCUT2D eigenvalue weighted by Crippen LogP contribution is -2.62. The fraction of sp³-hybridized carbons (Fsp3) is 1.00. The highest BCUT2D eigenvalue weighted by Gasteiger charge is 2.42. The van der Waals surface area contributed by atoms with Gasteiger partial charge in [-0.05, 0) is 57.9 Å². The highest BCUT2D eigenvalue weighted by Crippen LogP contribution is 2.37. The molecule has 138 valence electrons. The van der Waals surface area contributed by atoms with Gasteiger partial charge in [0, 0.05) is 24.2 Å². The van der Waals surface area contributed by atoms with Crippen LogP contribution in [0.3, 0.4) is 0 Å². The molecule has 0 bridgehead atoms. The van der Waals surface area contributed by atoms with Crippen molar-refractivity contribution in [1.82, 2.24) is 9.13 Å². The largest absolute Gasteiger partial charge is 0.309 e. The molecule has 0 unspecified atom stereocenters. The molecule has 0 N–H and O–H groups in total. The molecule has 0 spiro atoms. The Morgan fingerprint density at radius 3 is 0.875 bits per heavy atom. The zero-order valence-corrected chi connectivity index (χ0v) is 17.2. The third kappa shape index (κ3) is 3.64. The first-order chi connectivity index (χ1) is 11.8. The summed E-state index contributed by atoms with van der Waals surface area (Å²) in [6, 6.07) is 3.83. The van der Waals surface area contributed by atoms with Gasteiger partial charge in [0.15, 0.2) is 9.12 Å². The molecule has 2 nitrogen and oxygen atoms in total. The normalized spacial score (nSPS) is 28.5. The van der Waals surface area contributed by atoms with E-state index >= 15 is 0 Å². The standard InChI is InChI=1S/C21H40N2Si/c1-24(22(18-10-2-3-11-18)19-12-4-5-13-19)23(20-14-6-7-15-20)21-16-8-9-17-21/h18-21,24H,2-17H2,1H3. The maximum Gasteiger partial charge on any atom is 0.187 e. The molecule has 3 heteroatoms. The van der Waals surface area contributed by atoms with E-state index in [9.17, 15) is 0 Å². The van der Waals surface area contributed by atoms with Crippen molar-refractivity contribution in [2.45, 2.75) is 133 Å². The van der Waals surface area contributed by atoms with E-state index in [1.165, 1.54) is 103 Å². The first kappa shape index (κ1) is 17.5. The molecule has 4 aliphatic rings. The molecule has 4 saturated carbocycles. The molecule has 4 rings (SSSR count). The predicted octanol–water partition coefficient (Wildman–Crippen LogP) is 5.21. The van der Waals surface area contributed by atoms with E-state index in [0.29, 0.717) is 0 Å². The quantitative estimate of drug-likeness (QED) is 0.608. The van der Waals surface area contributed by atoms with Gasteiger partial charge in [-0.3, -0.25) is 0 Å². The minimum absolute atomic E-state index is 0.958. The fourth-order valence-corrected chi connectivity index (χ4v) is 10.7. The Kier molecular flexibility index (Phi) is 6.01. The first-order valence-electron chi connectivity index (χ1n) is 11.4. The van der Waals surface area contributed by atoms with Crippen molar-refractivity contribution in [2.24, 2.45) is 0 Å². The fourth-order valence-electron chi connectivity index (χ4n) is 6.78. The van der Waals surface area contributed by atoms with Crippen LogP contribution in [0.15, 0.2) is 0 Å². The molecular formula is C21H40N2Si. The molecule has 0 amide bonds. The maximum atomic E-state index is 3.20. The average Bonchev–Trinajstić information content (AvgIpc) is 3.38. The van der Waals surface area contributed by atoms with E-state index < -0.39 is 9.12 Å². The van der Waals surface area contributed by atoms with Crippen molar-refractivity contribution < 1.29 is 0 Å². The molecule has 0 aromatic rings. The summed E-state index contributed by atoms with van der Waals surface area (Å²) in [7, 11) is -0.978. The summed E-state index contributed by atoms with van der Waals surface area (Å²) < 4.78 is 6.41. The van der Waals surface area contributed by atoms with Crippen LogP contribution in [0.2, 0.25) is 6.55 Å². The van der Waals surface area contributed by atoms with Gasteiger partial charge in [-0.15, -0.1) is 0 Å². The summed E-state index contributed by atoms with van der Waals surface area (Å²) in [6.45, 7) is 2.74. The zero-order chi connectivity index (χ0) is 16.4. The van der Waals surface area contributed by atoms with E-state index in [1.807, 2.05) is 0 Å². The summed E-state index contributed by atoms with van der Waals surface area (Å²) in [5.41, 5.74) is 0. The van der Waals surface area contributed by atoms with Crippen LogP contribution in [0.4, 0.5) is 0 Å². The van der Waals surface area contributed by atoms with Gasteiger partial charge in [-0.1, -0.05) is 51.4 Å². The van der Waals surface area contributed by atoms with Gasteiger partial charge >= 0.3 is 0 Å². The van der Waals surface area contributed by atoms with Gasteiger partial charge < -0.3 is 9.13 Å². The molecule has 0 saturated heterocycles. The Morgan fingerprint density at radius 1 is 0.458 bits per heavy atom. The molecule has 0 atom stereocenters. The van der Waals surface area contributed by atoms with Gasteiger partial charge in [0.1, 0.15) is 0 Å². The maximum absolute atomic E-state index is 3.20. The monoisotopic (exact) mass is 348 g/mol. The van der Waals surface area contributed by atoms with Crippen molar-refractivity contribution in [3.8, 4) is 0 Å². The van der Waals surface area contributed by atoms with Crippen molar-refractivity contribution >= 4 is 9.12 Å². The highest BCUT2D eigenvalue weighted by molar-refractivity contribution is 6.51. The number of rotatable bonds is 6. The Morgan fingerprint density at radius 2 is 0.667 bits per heavy atom. The Balaban J connectivity index is 1.55. The lowest BCUT2D eigenvalue weighted by Gasteiger charge is -2.48. The van der Waals surface area contributed by atoms with Gasteiger partial charge in [-0.2, -0.15) is 0 Å². The van der Waals surface area contributed by atoms with E-state index in [-0.39, 0.29) is 0 Å². The van der Waals surface area contributed by atoms with Gasteiger partial charge in [0.05, 0.1) is 0 Å². The van der Waals surface area contributed by atoms with Crippen LogP contribution >= 0.6 is 0 Å². The Hall–Kier alpha value is 0.137. The van der Waals surface area contributed by atoms with E-state index in [4.69, 9.17) is 0 Å². The molecule has 4 aliphatic carbocycles. The van der Waals surface area contributed by atoms with Crippen LogP contribution in [-0.4, -0.2) is 42.4 Å². The van der Waals surface area contributed by atoms with Crippen LogP contribution < -0.4 is 0 Å².